The Labute approximate surface area is 199 Å². The maximum atomic E-state index is 13.1. The van der Waals surface area contributed by atoms with Crippen LogP contribution < -0.4 is 5.32 Å². The molecule has 168 valence electrons. The van der Waals surface area contributed by atoms with Crippen LogP contribution in [0.2, 0.25) is 10.0 Å². The van der Waals surface area contributed by atoms with Gasteiger partial charge in [0.15, 0.2) is 0 Å². The van der Waals surface area contributed by atoms with E-state index in [4.69, 9.17) is 23.2 Å². The number of amides is 2. The van der Waals surface area contributed by atoms with E-state index in [1.807, 2.05) is 6.92 Å². The minimum Gasteiger partial charge on any atom is -0.354 e. The third-order valence-electron chi connectivity index (χ3n) is 4.99. The number of hydrogen-bond acceptors (Lipinski definition) is 3. The Bertz CT molecular complexity index is 854. The molecule has 0 saturated heterocycles. The van der Waals surface area contributed by atoms with Gasteiger partial charge in [0.25, 0.3) is 0 Å². The van der Waals surface area contributed by atoms with Crippen molar-refractivity contribution in [3.8, 4) is 0 Å². The first-order valence-electron chi connectivity index (χ1n) is 10.5. The first-order chi connectivity index (χ1) is 14.8. The Morgan fingerprint density at radius 2 is 1.74 bits per heavy atom. The number of unbranched alkanes of at least 4 members (excludes halogenated alkanes) is 1. The number of nitrogens with one attached hydrogen (secondary N) is 1. The van der Waals surface area contributed by atoms with Crippen LogP contribution in [0.15, 0.2) is 47.4 Å². The second-order valence-corrected chi connectivity index (χ2v) is 9.44. The summed E-state index contributed by atoms with van der Waals surface area (Å²) in [5, 5.41) is 3.89. The average Bonchev–Trinajstić information content (AvgIpc) is 2.74. The molecule has 0 aliphatic rings. The molecule has 0 aliphatic carbocycles. The van der Waals surface area contributed by atoms with Crippen molar-refractivity contribution in [2.75, 3.05) is 12.3 Å². The molecular weight excluding hydrogens is 451 g/mol. The first-order valence-corrected chi connectivity index (χ1v) is 12.3. The predicted molar refractivity (Wildman–Crippen MR) is 131 cm³/mol. The topological polar surface area (TPSA) is 49.4 Å². The molecule has 0 unspecified atom stereocenters. The molecule has 0 aromatic heterocycles. The normalized spacial score (nSPS) is 11.8. The van der Waals surface area contributed by atoms with Gasteiger partial charge in [-0.25, -0.2) is 0 Å². The van der Waals surface area contributed by atoms with Crippen molar-refractivity contribution in [1.29, 1.82) is 0 Å². The fraction of sp³-hybridized carbons (Fsp3) is 0.417. The van der Waals surface area contributed by atoms with Crippen molar-refractivity contribution >= 4 is 46.8 Å². The molecule has 1 atom stereocenters. The summed E-state index contributed by atoms with van der Waals surface area (Å²) in [6.07, 6.45) is 2.20. The molecule has 31 heavy (non-hydrogen) atoms. The third kappa shape index (κ3) is 8.06. The van der Waals surface area contributed by atoms with E-state index in [2.05, 4.69) is 36.5 Å². The zero-order valence-corrected chi connectivity index (χ0v) is 20.6. The van der Waals surface area contributed by atoms with Gasteiger partial charge >= 0.3 is 0 Å². The largest absolute Gasteiger partial charge is 0.354 e. The number of halogens is 2. The monoisotopic (exact) mass is 480 g/mol. The average molecular weight is 481 g/mol. The number of benzene rings is 2. The summed E-state index contributed by atoms with van der Waals surface area (Å²) in [4.78, 5) is 28.5. The molecule has 0 radical (unpaired) electrons. The fourth-order valence-electron chi connectivity index (χ4n) is 3.01. The Hall–Kier alpha value is -1.69. The van der Waals surface area contributed by atoms with Crippen molar-refractivity contribution in [2.45, 2.75) is 57.5 Å². The molecule has 1 N–H and O–H groups in total. The number of rotatable bonds is 11. The molecule has 2 aromatic rings. The van der Waals surface area contributed by atoms with E-state index in [0.29, 0.717) is 34.3 Å². The Kier molecular flexibility index (Phi) is 10.7. The van der Waals surface area contributed by atoms with Crippen molar-refractivity contribution in [1.82, 2.24) is 10.2 Å². The number of nitrogens with zero attached hydrogens (tertiary/aromatic N) is 1. The Morgan fingerprint density at radius 1 is 1.10 bits per heavy atom. The van der Waals surface area contributed by atoms with Crippen molar-refractivity contribution < 1.29 is 9.59 Å². The maximum Gasteiger partial charge on any atom is 0.242 e. The zero-order chi connectivity index (χ0) is 22.8. The summed E-state index contributed by atoms with van der Waals surface area (Å²) in [7, 11) is 0. The number of aryl methyl sites for hydroxylation is 1. The van der Waals surface area contributed by atoms with Crippen LogP contribution in [0.5, 0.6) is 0 Å². The van der Waals surface area contributed by atoms with Crippen LogP contribution in [0.1, 0.15) is 44.2 Å². The third-order valence-corrected chi connectivity index (χ3v) is 6.71. The molecule has 2 rings (SSSR count). The number of hydrogen-bond donors (Lipinski definition) is 1. The molecule has 0 aliphatic heterocycles. The van der Waals surface area contributed by atoms with E-state index < -0.39 is 6.04 Å². The number of carbonyl (C=O) groups excluding carboxylic acids is 2. The van der Waals surface area contributed by atoms with Gasteiger partial charge in [-0.05, 0) is 44.5 Å². The lowest BCUT2D eigenvalue weighted by Crippen LogP contribution is -2.48. The molecule has 0 bridgehead atoms. The second kappa shape index (κ2) is 13.0. The molecule has 4 nitrogen and oxygen atoms in total. The van der Waals surface area contributed by atoms with Gasteiger partial charge in [0.1, 0.15) is 6.04 Å². The summed E-state index contributed by atoms with van der Waals surface area (Å²) in [5.41, 5.74) is 1.85. The summed E-state index contributed by atoms with van der Waals surface area (Å²) < 4.78 is 0. The van der Waals surface area contributed by atoms with Gasteiger partial charge in [0, 0.05) is 45.8 Å². The van der Waals surface area contributed by atoms with Crippen LogP contribution in [0.25, 0.3) is 0 Å². The summed E-state index contributed by atoms with van der Waals surface area (Å²) in [5.74, 6) is 0.351. The van der Waals surface area contributed by atoms with Crippen LogP contribution in [0.4, 0.5) is 0 Å². The van der Waals surface area contributed by atoms with Gasteiger partial charge < -0.3 is 10.2 Å². The maximum absolute atomic E-state index is 13.1. The molecule has 0 saturated carbocycles. The van der Waals surface area contributed by atoms with Gasteiger partial charge in [-0.2, -0.15) is 0 Å². The number of thioether (sulfide) groups is 1. The molecular formula is C24H30Cl2N2O2S. The molecule has 2 aromatic carbocycles. The van der Waals surface area contributed by atoms with Gasteiger partial charge in [0.2, 0.25) is 11.8 Å². The van der Waals surface area contributed by atoms with Gasteiger partial charge in [-0.3, -0.25) is 9.59 Å². The summed E-state index contributed by atoms with van der Waals surface area (Å²) >= 11 is 14.3. The smallest absolute Gasteiger partial charge is 0.242 e. The van der Waals surface area contributed by atoms with Crippen LogP contribution in [0, 0.1) is 6.92 Å². The quantitative estimate of drug-likeness (QED) is 0.311. The van der Waals surface area contributed by atoms with E-state index in [1.165, 1.54) is 5.56 Å². The van der Waals surface area contributed by atoms with Crippen LogP contribution in [0.3, 0.4) is 0 Å². The van der Waals surface area contributed by atoms with Crippen LogP contribution in [-0.2, 0) is 16.1 Å². The number of carbonyl (C=O) groups is 2. The van der Waals surface area contributed by atoms with E-state index in [0.717, 1.165) is 17.7 Å². The van der Waals surface area contributed by atoms with E-state index in [-0.39, 0.29) is 18.4 Å². The van der Waals surface area contributed by atoms with Crippen LogP contribution >= 0.6 is 35.0 Å². The lowest BCUT2D eigenvalue weighted by atomic mass is 10.1. The van der Waals surface area contributed by atoms with Crippen LogP contribution in [-0.4, -0.2) is 35.1 Å². The van der Waals surface area contributed by atoms with Crippen molar-refractivity contribution in [3.63, 3.8) is 0 Å². The zero-order valence-electron chi connectivity index (χ0n) is 18.3. The second-order valence-electron chi connectivity index (χ2n) is 7.45. The lowest BCUT2D eigenvalue weighted by molar-refractivity contribution is -0.140. The van der Waals surface area contributed by atoms with E-state index >= 15 is 0 Å². The predicted octanol–water partition coefficient (Wildman–Crippen LogP) is 6.12. The van der Waals surface area contributed by atoms with Crippen molar-refractivity contribution in [2.24, 2.45) is 0 Å². The van der Waals surface area contributed by atoms with Gasteiger partial charge in [-0.15, -0.1) is 11.8 Å². The summed E-state index contributed by atoms with van der Waals surface area (Å²) in [6.45, 7) is 6.64. The van der Waals surface area contributed by atoms with E-state index in [9.17, 15) is 9.59 Å². The lowest BCUT2D eigenvalue weighted by Gasteiger charge is -2.29. The fourth-order valence-corrected chi connectivity index (χ4v) is 4.36. The van der Waals surface area contributed by atoms with Gasteiger partial charge in [0.05, 0.1) is 0 Å². The molecule has 0 spiro atoms. The molecule has 0 heterocycles. The van der Waals surface area contributed by atoms with Crippen molar-refractivity contribution in [3.05, 3.63) is 63.6 Å². The molecule has 2 amide bonds. The highest BCUT2D eigenvalue weighted by Gasteiger charge is 2.27. The molecule has 0 fully saturated rings. The van der Waals surface area contributed by atoms with Gasteiger partial charge in [-0.1, -0.05) is 60.3 Å². The highest BCUT2D eigenvalue weighted by atomic mass is 35.5. The molecule has 7 heteroatoms. The minimum absolute atomic E-state index is 0.103. The standard InChI is InChI=1S/C24H30Cl2N2O2S/c1-4-5-14-27-24(30)18(3)28(16-20-21(25)7-6-8-22(20)26)23(29)13-15-31-19-11-9-17(2)10-12-19/h6-12,18H,4-5,13-16H2,1-3H3,(H,27,30)/t18-/m1/s1. The highest BCUT2D eigenvalue weighted by molar-refractivity contribution is 7.99. The minimum atomic E-state index is -0.624. The Morgan fingerprint density at radius 3 is 2.35 bits per heavy atom. The SMILES string of the molecule is CCCCNC(=O)[C@@H](C)N(Cc1c(Cl)cccc1Cl)C(=O)CCSc1ccc(C)cc1. The highest BCUT2D eigenvalue weighted by Crippen LogP contribution is 2.27. The summed E-state index contributed by atoms with van der Waals surface area (Å²) in [6, 6.07) is 12.8. The Balaban J connectivity index is 2.10. The van der Waals surface area contributed by atoms with E-state index in [1.54, 1.807) is 41.8 Å². The first kappa shape index (κ1) is 25.6.